The third-order valence-electron chi connectivity index (χ3n) is 3.20. The molecular formula is C13H8ClN3O5S. The summed E-state index contributed by atoms with van der Waals surface area (Å²) in [7, 11) is -4.03. The van der Waals surface area contributed by atoms with Crippen molar-refractivity contribution in [1.29, 1.82) is 0 Å². The number of sulfone groups is 1. The lowest BCUT2D eigenvalue weighted by atomic mass is 10.2. The minimum Gasteiger partial charge on any atom is -0.421 e. The molecule has 0 amide bonds. The van der Waals surface area contributed by atoms with Crippen LogP contribution in [0.1, 0.15) is 0 Å². The SMILES string of the molecule is O=c1[nH]c2c(S(=O)(=O)c3ccncc3)ccc(Cl)c2c(=O)n1O. The number of hydrogen-bond donors (Lipinski definition) is 2. The molecule has 0 fully saturated rings. The summed E-state index contributed by atoms with van der Waals surface area (Å²) < 4.78 is 25.2. The van der Waals surface area contributed by atoms with Gasteiger partial charge in [0.25, 0.3) is 5.56 Å². The third kappa shape index (κ3) is 2.30. The van der Waals surface area contributed by atoms with E-state index in [0.717, 1.165) is 0 Å². The zero-order valence-electron chi connectivity index (χ0n) is 11.2. The van der Waals surface area contributed by atoms with Gasteiger partial charge < -0.3 is 10.2 Å². The highest BCUT2D eigenvalue weighted by atomic mass is 35.5. The van der Waals surface area contributed by atoms with Gasteiger partial charge in [0, 0.05) is 12.4 Å². The Morgan fingerprint density at radius 2 is 1.78 bits per heavy atom. The molecule has 0 radical (unpaired) electrons. The number of H-pyrrole nitrogens is 1. The van der Waals surface area contributed by atoms with Crippen molar-refractivity contribution in [2.75, 3.05) is 0 Å². The number of fused-ring (bicyclic) bond motifs is 1. The van der Waals surface area contributed by atoms with Crippen molar-refractivity contribution in [3.8, 4) is 0 Å². The summed E-state index contributed by atoms with van der Waals surface area (Å²) in [5.74, 6) is 0. The van der Waals surface area contributed by atoms with Gasteiger partial charge in [-0.05, 0) is 24.3 Å². The van der Waals surface area contributed by atoms with E-state index in [1.807, 2.05) is 0 Å². The molecule has 3 aromatic rings. The van der Waals surface area contributed by atoms with Crippen LogP contribution in [-0.2, 0) is 9.84 Å². The molecule has 0 saturated heterocycles. The molecule has 0 atom stereocenters. The molecule has 0 aliphatic carbocycles. The maximum absolute atomic E-state index is 12.7. The molecule has 2 heterocycles. The molecule has 0 unspecified atom stereocenters. The highest BCUT2D eigenvalue weighted by molar-refractivity contribution is 7.91. The van der Waals surface area contributed by atoms with E-state index in [9.17, 15) is 23.2 Å². The molecule has 2 N–H and O–H groups in total. The summed E-state index contributed by atoms with van der Waals surface area (Å²) in [6.45, 7) is 0. The molecule has 0 aliphatic heterocycles. The number of nitrogens with one attached hydrogen (secondary N) is 1. The first kappa shape index (κ1) is 15.3. The van der Waals surface area contributed by atoms with Crippen LogP contribution in [0.5, 0.6) is 0 Å². The van der Waals surface area contributed by atoms with E-state index in [0.29, 0.717) is 0 Å². The van der Waals surface area contributed by atoms with Gasteiger partial charge in [0.1, 0.15) is 0 Å². The predicted octanol–water partition coefficient (Wildman–Crippen LogP) is 0.808. The van der Waals surface area contributed by atoms with Crippen molar-refractivity contribution >= 4 is 32.3 Å². The number of nitrogens with zero attached hydrogens (tertiary/aromatic N) is 2. The highest BCUT2D eigenvalue weighted by Gasteiger charge is 2.24. The Bertz CT molecular complexity index is 1140. The molecule has 10 heteroatoms. The number of benzene rings is 1. The second kappa shape index (κ2) is 5.21. The number of pyridine rings is 1. The molecule has 118 valence electrons. The maximum atomic E-state index is 12.7. The number of aromatic nitrogens is 3. The molecule has 23 heavy (non-hydrogen) atoms. The van der Waals surface area contributed by atoms with Crippen LogP contribution in [-0.4, -0.2) is 28.3 Å². The summed E-state index contributed by atoms with van der Waals surface area (Å²) in [5.41, 5.74) is -2.55. The molecule has 0 aliphatic rings. The van der Waals surface area contributed by atoms with Gasteiger partial charge in [-0.3, -0.25) is 9.78 Å². The van der Waals surface area contributed by atoms with E-state index in [-0.39, 0.29) is 30.4 Å². The predicted molar refractivity (Wildman–Crippen MR) is 80.7 cm³/mol. The maximum Gasteiger partial charge on any atom is 0.362 e. The van der Waals surface area contributed by atoms with Gasteiger partial charge in [-0.2, -0.15) is 0 Å². The van der Waals surface area contributed by atoms with Crippen molar-refractivity contribution in [1.82, 2.24) is 14.7 Å². The van der Waals surface area contributed by atoms with Crippen LogP contribution in [0.25, 0.3) is 10.9 Å². The van der Waals surface area contributed by atoms with E-state index >= 15 is 0 Å². The van der Waals surface area contributed by atoms with E-state index in [4.69, 9.17) is 11.6 Å². The minimum atomic E-state index is -4.03. The number of aromatic amines is 1. The zero-order chi connectivity index (χ0) is 16.8. The molecule has 1 aromatic carbocycles. The number of halogens is 1. The molecule has 0 spiro atoms. The molecule has 0 saturated carbocycles. The summed E-state index contributed by atoms with van der Waals surface area (Å²) in [4.78, 5) is 29.1. The highest BCUT2D eigenvalue weighted by Crippen LogP contribution is 2.28. The van der Waals surface area contributed by atoms with Crippen LogP contribution in [0.4, 0.5) is 0 Å². The fourth-order valence-corrected chi connectivity index (χ4v) is 3.76. The second-order valence-electron chi connectivity index (χ2n) is 4.53. The molecule has 0 bridgehead atoms. The Morgan fingerprint density at radius 1 is 1.13 bits per heavy atom. The van der Waals surface area contributed by atoms with Crippen LogP contribution in [0.2, 0.25) is 5.02 Å². The second-order valence-corrected chi connectivity index (χ2v) is 6.85. The van der Waals surface area contributed by atoms with Crippen LogP contribution < -0.4 is 11.2 Å². The van der Waals surface area contributed by atoms with Crippen LogP contribution >= 0.6 is 11.6 Å². The Hall–Kier alpha value is -2.65. The lowest BCUT2D eigenvalue weighted by molar-refractivity contribution is 0.162. The Kier molecular flexibility index (Phi) is 3.46. The van der Waals surface area contributed by atoms with Crippen molar-refractivity contribution < 1.29 is 13.6 Å². The standard InChI is InChI=1S/C13H8ClN3O5S/c14-8-1-2-9(23(21,22)7-3-5-15-6-4-7)11-10(8)12(18)17(20)13(19)16-11/h1-6,20H,(H,16,19). The van der Waals surface area contributed by atoms with E-state index < -0.39 is 21.1 Å². The normalized spacial score (nSPS) is 11.7. The molecule has 8 nitrogen and oxygen atoms in total. The van der Waals surface area contributed by atoms with Crippen LogP contribution in [0.3, 0.4) is 0 Å². The van der Waals surface area contributed by atoms with Gasteiger partial charge in [0.15, 0.2) is 0 Å². The van der Waals surface area contributed by atoms with Gasteiger partial charge in [-0.1, -0.05) is 16.3 Å². The molecular weight excluding hydrogens is 346 g/mol. The smallest absolute Gasteiger partial charge is 0.362 e. The van der Waals surface area contributed by atoms with E-state index in [1.54, 1.807) is 0 Å². The summed E-state index contributed by atoms with van der Waals surface area (Å²) in [6, 6.07) is 4.94. The van der Waals surface area contributed by atoms with Crippen LogP contribution in [0.15, 0.2) is 56.0 Å². The lowest BCUT2D eigenvalue weighted by Crippen LogP contribution is -2.33. The summed E-state index contributed by atoms with van der Waals surface area (Å²) in [5, 5.41) is 8.98. The lowest BCUT2D eigenvalue weighted by Gasteiger charge is -2.09. The van der Waals surface area contributed by atoms with Crippen molar-refractivity contribution in [2.45, 2.75) is 9.79 Å². The Labute approximate surface area is 133 Å². The molecule has 3 rings (SSSR count). The Morgan fingerprint density at radius 3 is 2.43 bits per heavy atom. The van der Waals surface area contributed by atoms with Crippen LogP contribution in [0, 0.1) is 0 Å². The number of hydrogen-bond acceptors (Lipinski definition) is 6. The third-order valence-corrected chi connectivity index (χ3v) is 5.32. The van der Waals surface area contributed by atoms with Crippen molar-refractivity contribution in [3.63, 3.8) is 0 Å². The summed E-state index contributed by atoms with van der Waals surface area (Å²) in [6.07, 6.45) is 2.60. The van der Waals surface area contributed by atoms with Gasteiger partial charge in [-0.25, -0.2) is 13.2 Å². The number of rotatable bonds is 2. The fourth-order valence-electron chi connectivity index (χ4n) is 2.12. The molecule has 2 aromatic heterocycles. The van der Waals surface area contributed by atoms with Gasteiger partial charge in [-0.15, -0.1) is 0 Å². The zero-order valence-corrected chi connectivity index (χ0v) is 12.8. The summed E-state index contributed by atoms with van der Waals surface area (Å²) >= 11 is 5.90. The largest absolute Gasteiger partial charge is 0.421 e. The monoisotopic (exact) mass is 353 g/mol. The van der Waals surface area contributed by atoms with Gasteiger partial charge in [0.2, 0.25) is 9.84 Å². The fraction of sp³-hybridized carbons (Fsp3) is 0. The topological polar surface area (TPSA) is 122 Å². The average Bonchev–Trinajstić information content (AvgIpc) is 2.53. The van der Waals surface area contributed by atoms with Gasteiger partial charge >= 0.3 is 5.69 Å². The Balaban J connectivity index is 2.48. The van der Waals surface area contributed by atoms with Gasteiger partial charge in [0.05, 0.1) is 25.7 Å². The first-order valence-electron chi connectivity index (χ1n) is 6.16. The quantitative estimate of drug-likeness (QED) is 0.657. The van der Waals surface area contributed by atoms with E-state index in [2.05, 4.69) is 9.97 Å². The average molecular weight is 354 g/mol. The minimum absolute atomic E-state index is 0.0647. The van der Waals surface area contributed by atoms with Crippen molar-refractivity contribution in [3.05, 3.63) is 62.5 Å². The van der Waals surface area contributed by atoms with Crippen molar-refractivity contribution in [2.24, 2.45) is 0 Å². The first-order chi connectivity index (χ1) is 10.8. The first-order valence-corrected chi connectivity index (χ1v) is 8.02. The van der Waals surface area contributed by atoms with E-state index in [1.165, 1.54) is 36.7 Å².